The van der Waals surface area contributed by atoms with E-state index < -0.39 is 0 Å². The quantitative estimate of drug-likeness (QED) is 0.344. The number of nitrogens with zero attached hydrogens (tertiary/aromatic N) is 6. The molecule has 0 atom stereocenters. The van der Waals surface area contributed by atoms with Gasteiger partial charge in [-0.3, -0.25) is 0 Å². The number of imidazole rings is 1. The van der Waals surface area contributed by atoms with E-state index in [1.807, 2.05) is 55.5 Å². The average Bonchev–Trinajstić information content (AvgIpc) is 3.48. The third-order valence-corrected chi connectivity index (χ3v) is 5.75. The summed E-state index contributed by atoms with van der Waals surface area (Å²) in [5.74, 6) is 3.67. The van der Waals surface area contributed by atoms with Crippen molar-refractivity contribution in [3.05, 3.63) is 66.9 Å². The predicted molar refractivity (Wildman–Crippen MR) is 136 cm³/mol. The Balaban J connectivity index is 1.57. The summed E-state index contributed by atoms with van der Waals surface area (Å²) >= 11 is 0. The Bertz CT molecular complexity index is 1500. The zero-order valence-electron chi connectivity index (χ0n) is 20.4. The first-order valence-electron chi connectivity index (χ1n) is 11.3. The molecular formula is C26H27N7O2. The molecule has 0 saturated carbocycles. The molecule has 0 saturated heterocycles. The van der Waals surface area contributed by atoms with Gasteiger partial charge in [-0.1, -0.05) is 12.1 Å². The Kier molecular flexibility index (Phi) is 5.82. The lowest BCUT2D eigenvalue weighted by atomic mass is 10.2. The van der Waals surface area contributed by atoms with Crippen molar-refractivity contribution in [2.75, 3.05) is 19.5 Å². The van der Waals surface area contributed by atoms with E-state index in [1.54, 1.807) is 31.4 Å². The van der Waals surface area contributed by atoms with Crippen molar-refractivity contribution < 1.29 is 9.47 Å². The van der Waals surface area contributed by atoms with E-state index >= 15 is 0 Å². The topological polar surface area (TPSA) is 91.9 Å². The number of ether oxygens (including phenoxy) is 2. The highest BCUT2D eigenvalue weighted by Gasteiger charge is 2.19. The minimum Gasteiger partial charge on any atom is -0.497 e. The van der Waals surface area contributed by atoms with Crippen LogP contribution in [0.5, 0.6) is 11.5 Å². The van der Waals surface area contributed by atoms with Crippen LogP contribution in [-0.4, -0.2) is 43.5 Å². The van der Waals surface area contributed by atoms with Crippen LogP contribution in [0, 0.1) is 6.92 Å². The zero-order chi connectivity index (χ0) is 24.5. The van der Waals surface area contributed by atoms with Crippen molar-refractivity contribution in [2.45, 2.75) is 26.8 Å². The summed E-state index contributed by atoms with van der Waals surface area (Å²) in [4.78, 5) is 13.8. The molecule has 178 valence electrons. The molecule has 0 spiro atoms. The first-order chi connectivity index (χ1) is 17.0. The molecule has 0 fully saturated rings. The lowest BCUT2D eigenvalue weighted by molar-refractivity contribution is 0.412. The monoisotopic (exact) mass is 469 g/mol. The van der Waals surface area contributed by atoms with Gasteiger partial charge in [0.2, 0.25) is 0 Å². The first kappa shape index (κ1) is 22.4. The second-order valence-corrected chi connectivity index (χ2v) is 8.41. The number of pyridine rings is 1. The SMILES string of the molecule is COc1cccc(-c2nc3c(Nc4ccc(-n5cnc(C)n5)c(OC)c4)nccc3n2C(C)C)c1. The van der Waals surface area contributed by atoms with Crippen molar-refractivity contribution >= 4 is 22.5 Å². The standard InChI is InChI=1S/C26H27N7O2/c1-16(2)33-22-11-12-27-25(24(22)30-26(33)18-7-6-8-20(13-18)34-4)29-19-9-10-21(23(14-19)35-5)32-15-28-17(3)31-32/h6-16H,1-5H3,(H,27,29). The maximum absolute atomic E-state index is 5.63. The molecule has 9 nitrogen and oxygen atoms in total. The predicted octanol–water partition coefficient (Wildman–Crippen LogP) is 5.33. The van der Waals surface area contributed by atoms with Gasteiger partial charge in [-0.05, 0) is 51.1 Å². The van der Waals surface area contributed by atoms with Gasteiger partial charge < -0.3 is 19.4 Å². The summed E-state index contributed by atoms with van der Waals surface area (Å²) in [6.07, 6.45) is 3.46. The van der Waals surface area contributed by atoms with E-state index in [2.05, 4.69) is 38.8 Å². The highest BCUT2D eigenvalue weighted by atomic mass is 16.5. The lowest BCUT2D eigenvalue weighted by Gasteiger charge is -2.14. The van der Waals surface area contributed by atoms with Crippen molar-refractivity contribution in [1.82, 2.24) is 29.3 Å². The summed E-state index contributed by atoms with van der Waals surface area (Å²) in [5, 5.41) is 7.81. The van der Waals surface area contributed by atoms with Gasteiger partial charge in [-0.2, -0.15) is 5.10 Å². The Morgan fingerprint density at radius 2 is 1.83 bits per heavy atom. The second-order valence-electron chi connectivity index (χ2n) is 8.41. The third-order valence-electron chi connectivity index (χ3n) is 5.75. The average molecular weight is 470 g/mol. The van der Waals surface area contributed by atoms with Gasteiger partial charge in [0.1, 0.15) is 40.7 Å². The van der Waals surface area contributed by atoms with Crippen LogP contribution in [0.3, 0.4) is 0 Å². The minimum atomic E-state index is 0.196. The highest BCUT2D eigenvalue weighted by Crippen LogP contribution is 2.34. The number of aryl methyl sites for hydroxylation is 1. The Hall–Kier alpha value is -4.40. The van der Waals surface area contributed by atoms with Gasteiger partial charge in [-0.25, -0.2) is 19.6 Å². The number of hydrogen-bond donors (Lipinski definition) is 1. The van der Waals surface area contributed by atoms with E-state index in [4.69, 9.17) is 14.5 Å². The summed E-state index contributed by atoms with van der Waals surface area (Å²) in [7, 11) is 3.30. The molecule has 0 aliphatic rings. The molecule has 0 radical (unpaired) electrons. The van der Waals surface area contributed by atoms with Crippen LogP contribution in [0.15, 0.2) is 61.1 Å². The number of rotatable bonds is 7. The van der Waals surface area contributed by atoms with Crippen LogP contribution in [0.1, 0.15) is 25.7 Å². The molecule has 1 N–H and O–H groups in total. The highest BCUT2D eigenvalue weighted by molar-refractivity contribution is 5.91. The van der Waals surface area contributed by atoms with Gasteiger partial charge in [0.15, 0.2) is 5.82 Å². The molecule has 9 heteroatoms. The number of nitrogens with one attached hydrogen (secondary N) is 1. The van der Waals surface area contributed by atoms with Crippen molar-refractivity contribution in [1.29, 1.82) is 0 Å². The van der Waals surface area contributed by atoms with E-state index in [1.165, 1.54) is 0 Å². The van der Waals surface area contributed by atoms with Crippen molar-refractivity contribution in [3.8, 4) is 28.6 Å². The summed E-state index contributed by atoms with van der Waals surface area (Å²) in [6.45, 7) is 6.14. The smallest absolute Gasteiger partial charge is 0.158 e. The maximum atomic E-state index is 5.63. The molecule has 3 heterocycles. The van der Waals surface area contributed by atoms with E-state index in [-0.39, 0.29) is 6.04 Å². The van der Waals surface area contributed by atoms with E-state index in [9.17, 15) is 0 Å². The van der Waals surface area contributed by atoms with Gasteiger partial charge in [0, 0.05) is 29.6 Å². The fourth-order valence-corrected chi connectivity index (χ4v) is 4.15. The van der Waals surface area contributed by atoms with Crippen molar-refractivity contribution in [3.63, 3.8) is 0 Å². The molecule has 35 heavy (non-hydrogen) atoms. The van der Waals surface area contributed by atoms with E-state index in [0.29, 0.717) is 17.4 Å². The summed E-state index contributed by atoms with van der Waals surface area (Å²) < 4.78 is 15.0. The fourth-order valence-electron chi connectivity index (χ4n) is 4.15. The number of hydrogen-bond acceptors (Lipinski definition) is 7. The molecule has 0 amide bonds. The van der Waals surface area contributed by atoms with Crippen LogP contribution in [0.4, 0.5) is 11.5 Å². The van der Waals surface area contributed by atoms with E-state index in [0.717, 1.165) is 39.5 Å². The van der Waals surface area contributed by atoms with Crippen LogP contribution in [-0.2, 0) is 0 Å². The molecular weight excluding hydrogens is 442 g/mol. The van der Waals surface area contributed by atoms with Gasteiger partial charge >= 0.3 is 0 Å². The summed E-state index contributed by atoms with van der Waals surface area (Å²) in [6, 6.07) is 15.9. The molecule has 5 aromatic rings. The third kappa shape index (κ3) is 4.16. The molecule has 0 aliphatic heterocycles. The molecule has 2 aromatic carbocycles. The van der Waals surface area contributed by atoms with Gasteiger partial charge in [0.05, 0.1) is 19.7 Å². The van der Waals surface area contributed by atoms with Crippen LogP contribution >= 0.6 is 0 Å². The molecule has 0 aliphatic carbocycles. The first-order valence-corrected chi connectivity index (χ1v) is 11.3. The van der Waals surface area contributed by atoms with Crippen molar-refractivity contribution in [2.24, 2.45) is 0 Å². The number of aromatic nitrogens is 6. The Morgan fingerprint density at radius 3 is 2.54 bits per heavy atom. The number of fused-ring (bicyclic) bond motifs is 1. The van der Waals surface area contributed by atoms with Crippen LogP contribution in [0.25, 0.3) is 28.1 Å². The minimum absolute atomic E-state index is 0.196. The van der Waals surface area contributed by atoms with Gasteiger partial charge in [-0.15, -0.1) is 0 Å². The van der Waals surface area contributed by atoms with Gasteiger partial charge in [0.25, 0.3) is 0 Å². The second kappa shape index (κ2) is 9.09. The number of anilines is 2. The zero-order valence-corrected chi connectivity index (χ0v) is 20.4. The maximum Gasteiger partial charge on any atom is 0.158 e. The molecule has 0 bridgehead atoms. The molecule has 5 rings (SSSR count). The van der Waals surface area contributed by atoms with Crippen LogP contribution < -0.4 is 14.8 Å². The Morgan fingerprint density at radius 1 is 0.971 bits per heavy atom. The largest absolute Gasteiger partial charge is 0.497 e. The number of benzene rings is 2. The van der Waals surface area contributed by atoms with Crippen LogP contribution in [0.2, 0.25) is 0 Å². The lowest BCUT2D eigenvalue weighted by Crippen LogP contribution is -2.03. The normalized spacial score (nSPS) is 11.3. The number of methoxy groups -OCH3 is 2. The Labute approximate surface area is 203 Å². The molecule has 0 unspecified atom stereocenters. The molecule has 3 aromatic heterocycles. The fraction of sp³-hybridized carbons (Fsp3) is 0.231. The summed E-state index contributed by atoms with van der Waals surface area (Å²) in [5.41, 5.74) is 4.39.